The molecule has 0 fully saturated rings. The summed E-state index contributed by atoms with van der Waals surface area (Å²) in [7, 11) is -3.42. The van der Waals surface area contributed by atoms with E-state index < -0.39 is 10.0 Å². The number of anilines is 1. The Morgan fingerprint density at radius 3 is 2.43 bits per heavy atom. The van der Waals surface area contributed by atoms with E-state index in [0.29, 0.717) is 13.1 Å². The smallest absolute Gasteiger partial charge is 0.240 e. The van der Waals surface area contributed by atoms with Gasteiger partial charge < -0.3 is 10.4 Å². The average molecular weight is 307 g/mol. The van der Waals surface area contributed by atoms with E-state index in [2.05, 4.69) is 15.0 Å². The van der Waals surface area contributed by atoms with Gasteiger partial charge in [-0.2, -0.15) is 0 Å². The molecule has 2 rings (SSSR count). The lowest BCUT2D eigenvalue weighted by Gasteiger charge is -2.08. The maximum absolute atomic E-state index is 11.8. The largest absolute Gasteiger partial charge is 0.506 e. The number of nitrogens with zero attached hydrogens (tertiary/aromatic N) is 1. The summed E-state index contributed by atoms with van der Waals surface area (Å²) in [6.45, 7) is 2.58. The molecule has 1 aromatic heterocycles. The Morgan fingerprint density at radius 2 is 1.86 bits per heavy atom. The minimum absolute atomic E-state index is 0.122. The minimum Gasteiger partial charge on any atom is -0.506 e. The Balaban J connectivity index is 2.01. The van der Waals surface area contributed by atoms with Crippen molar-refractivity contribution >= 4 is 15.7 Å². The van der Waals surface area contributed by atoms with E-state index in [1.807, 2.05) is 0 Å². The van der Waals surface area contributed by atoms with Gasteiger partial charge in [-0.3, -0.25) is 4.98 Å². The SMILES string of the molecule is CCNS(=O)(=O)c1ccc(NCc2ccc(O)cn2)cc1. The van der Waals surface area contributed by atoms with E-state index in [1.54, 1.807) is 43.3 Å². The van der Waals surface area contributed by atoms with Gasteiger partial charge in [0.25, 0.3) is 0 Å². The van der Waals surface area contributed by atoms with Crippen LogP contribution in [-0.2, 0) is 16.6 Å². The molecule has 112 valence electrons. The van der Waals surface area contributed by atoms with E-state index >= 15 is 0 Å². The van der Waals surface area contributed by atoms with Crippen molar-refractivity contribution in [2.24, 2.45) is 0 Å². The first kappa shape index (κ1) is 15.3. The molecule has 0 spiro atoms. The van der Waals surface area contributed by atoms with E-state index in [9.17, 15) is 8.42 Å². The second kappa shape index (κ2) is 6.55. The van der Waals surface area contributed by atoms with Crippen LogP contribution in [0.25, 0.3) is 0 Å². The molecular weight excluding hydrogens is 290 g/mol. The molecular formula is C14H17N3O3S. The van der Waals surface area contributed by atoms with E-state index in [0.717, 1.165) is 11.4 Å². The highest BCUT2D eigenvalue weighted by Gasteiger charge is 2.11. The highest BCUT2D eigenvalue weighted by atomic mass is 32.2. The van der Waals surface area contributed by atoms with Crippen LogP contribution in [0.2, 0.25) is 0 Å². The highest BCUT2D eigenvalue weighted by molar-refractivity contribution is 7.89. The van der Waals surface area contributed by atoms with Crippen molar-refractivity contribution in [1.29, 1.82) is 0 Å². The second-order valence-corrected chi connectivity index (χ2v) is 6.15. The molecule has 0 aliphatic rings. The maximum atomic E-state index is 11.8. The van der Waals surface area contributed by atoms with Crippen molar-refractivity contribution in [1.82, 2.24) is 9.71 Å². The third-order valence-electron chi connectivity index (χ3n) is 2.78. The van der Waals surface area contributed by atoms with Crippen LogP contribution in [0.15, 0.2) is 47.5 Å². The molecule has 0 amide bonds. The summed E-state index contributed by atoms with van der Waals surface area (Å²) in [6.07, 6.45) is 1.38. The summed E-state index contributed by atoms with van der Waals surface area (Å²) in [5.41, 5.74) is 1.57. The fourth-order valence-corrected chi connectivity index (χ4v) is 2.78. The van der Waals surface area contributed by atoms with Crippen LogP contribution in [-0.4, -0.2) is 25.1 Å². The number of nitrogens with one attached hydrogen (secondary N) is 2. The molecule has 2 aromatic rings. The second-order valence-electron chi connectivity index (χ2n) is 4.39. The summed E-state index contributed by atoms with van der Waals surface area (Å²) < 4.78 is 26.0. The Labute approximate surface area is 123 Å². The van der Waals surface area contributed by atoms with Gasteiger partial charge >= 0.3 is 0 Å². The van der Waals surface area contributed by atoms with Crippen molar-refractivity contribution in [3.63, 3.8) is 0 Å². The molecule has 7 heteroatoms. The minimum atomic E-state index is -3.42. The number of benzene rings is 1. The Hall–Kier alpha value is -2.12. The van der Waals surface area contributed by atoms with Crippen LogP contribution in [0.1, 0.15) is 12.6 Å². The van der Waals surface area contributed by atoms with Gasteiger partial charge in [-0.25, -0.2) is 13.1 Å². The molecule has 0 bridgehead atoms. The number of pyridine rings is 1. The zero-order valence-corrected chi connectivity index (χ0v) is 12.4. The fourth-order valence-electron chi connectivity index (χ4n) is 1.74. The molecule has 1 heterocycles. The normalized spacial score (nSPS) is 11.3. The van der Waals surface area contributed by atoms with E-state index in [4.69, 9.17) is 5.11 Å². The Morgan fingerprint density at radius 1 is 1.14 bits per heavy atom. The number of hydrogen-bond donors (Lipinski definition) is 3. The summed E-state index contributed by atoms with van der Waals surface area (Å²) in [4.78, 5) is 4.29. The lowest BCUT2D eigenvalue weighted by atomic mass is 10.3. The lowest BCUT2D eigenvalue weighted by molar-refractivity contribution is 0.472. The summed E-state index contributed by atoms with van der Waals surface area (Å²) in [6, 6.07) is 9.77. The zero-order valence-electron chi connectivity index (χ0n) is 11.6. The van der Waals surface area contributed by atoms with Gasteiger partial charge in [0.2, 0.25) is 10.0 Å². The molecule has 1 aromatic carbocycles. The molecule has 6 nitrogen and oxygen atoms in total. The fraction of sp³-hybridized carbons (Fsp3) is 0.214. The highest BCUT2D eigenvalue weighted by Crippen LogP contribution is 2.15. The van der Waals surface area contributed by atoms with Crippen molar-refractivity contribution in [3.05, 3.63) is 48.3 Å². The van der Waals surface area contributed by atoms with Crippen molar-refractivity contribution in [2.45, 2.75) is 18.4 Å². The number of hydrogen-bond acceptors (Lipinski definition) is 5. The molecule has 0 unspecified atom stereocenters. The van der Waals surface area contributed by atoms with Crippen LogP contribution in [0, 0.1) is 0 Å². The molecule has 3 N–H and O–H groups in total. The first-order chi connectivity index (χ1) is 10.0. The molecule has 0 radical (unpaired) electrons. The molecule has 0 saturated carbocycles. The Kier molecular flexibility index (Phi) is 4.77. The van der Waals surface area contributed by atoms with Gasteiger partial charge in [0.1, 0.15) is 5.75 Å². The summed E-state index contributed by atoms with van der Waals surface area (Å²) in [5, 5.41) is 12.3. The predicted molar refractivity (Wildman–Crippen MR) is 80.5 cm³/mol. The first-order valence-electron chi connectivity index (χ1n) is 6.49. The van der Waals surface area contributed by atoms with Crippen LogP contribution in [0.5, 0.6) is 5.75 Å². The van der Waals surface area contributed by atoms with Crippen LogP contribution in [0.3, 0.4) is 0 Å². The van der Waals surface area contributed by atoms with Crippen molar-refractivity contribution in [2.75, 3.05) is 11.9 Å². The van der Waals surface area contributed by atoms with Gasteiger partial charge in [-0.05, 0) is 36.4 Å². The van der Waals surface area contributed by atoms with Crippen LogP contribution < -0.4 is 10.0 Å². The lowest BCUT2D eigenvalue weighted by Crippen LogP contribution is -2.23. The third-order valence-corrected chi connectivity index (χ3v) is 4.34. The molecule has 0 aliphatic heterocycles. The number of sulfonamides is 1. The monoisotopic (exact) mass is 307 g/mol. The van der Waals surface area contributed by atoms with E-state index in [1.165, 1.54) is 6.20 Å². The van der Waals surface area contributed by atoms with Crippen molar-refractivity contribution < 1.29 is 13.5 Å². The number of aromatic hydroxyl groups is 1. The van der Waals surface area contributed by atoms with Crippen LogP contribution >= 0.6 is 0 Å². The zero-order chi connectivity index (χ0) is 15.3. The Bertz CT molecular complexity index is 682. The number of aromatic nitrogens is 1. The quantitative estimate of drug-likeness (QED) is 0.755. The van der Waals surface area contributed by atoms with Gasteiger partial charge in [-0.1, -0.05) is 6.92 Å². The third kappa shape index (κ3) is 4.17. The average Bonchev–Trinajstić information content (AvgIpc) is 2.47. The molecule has 0 saturated heterocycles. The predicted octanol–water partition coefficient (Wildman–Crippen LogP) is 1.70. The molecule has 0 aliphatic carbocycles. The van der Waals surface area contributed by atoms with Gasteiger partial charge in [0.15, 0.2) is 0 Å². The summed E-state index contributed by atoms with van der Waals surface area (Å²) in [5.74, 6) is 0.122. The molecule has 0 atom stereocenters. The maximum Gasteiger partial charge on any atom is 0.240 e. The standard InChI is InChI=1S/C14H17N3O3S/c1-2-17-21(19,20)14-7-4-11(5-8-14)15-9-12-3-6-13(18)10-16-12/h3-8,10,15,17-18H,2,9H2,1H3. The summed E-state index contributed by atoms with van der Waals surface area (Å²) >= 11 is 0. The van der Waals surface area contributed by atoms with Gasteiger partial charge in [0, 0.05) is 12.2 Å². The van der Waals surface area contributed by atoms with Gasteiger partial charge in [-0.15, -0.1) is 0 Å². The van der Waals surface area contributed by atoms with Crippen molar-refractivity contribution in [3.8, 4) is 5.75 Å². The first-order valence-corrected chi connectivity index (χ1v) is 7.97. The van der Waals surface area contributed by atoms with Crippen LogP contribution in [0.4, 0.5) is 5.69 Å². The molecule has 21 heavy (non-hydrogen) atoms. The number of rotatable bonds is 6. The topological polar surface area (TPSA) is 91.3 Å². The van der Waals surface area contributed by atoms with E-state index in [-0.39, 0.29) is 10.6 Å². The van der Waals surface area contributed by atoms with Gasteiger partial charge in [0.05, 0.1) is 23.3 Å².